The second-order valence-corrected chi connectivity index (χ2v) is 11.5. The van der Waals surface area contributed by atoms with Crippen molar-refractivity contribution >= 4 is 28.5 Å². The Balaban J connectivity index is 1.56. The molecule has 1 amide bonds. The van der Waals surface area contributed by atoms with Crippen LogP contribution < -0.4 is 4.90 Å². The highest BCUT2D eigenvalue weighted by Crippen LogP contribution is 2.33. The molecule has 3 aromatic carbocycles. The van der Waals surface area contributed by atoms with Crippen molar-refractivity contribution in [3.8, 4) is 0 Å². The van der Waals surface area contributed by atoms with Crippen LogP contribution in [0, 0.1) is 12.7 Å². The van der Waals surface area contributed by atoms with Crippen LogP contribution in [0.1, 0.15) is 65.1 Å². The van der Waals surface area contributed by atoms with E-state index in [9.17, 15) is 23.3 Å². The molecule has 0 aliphatic heterocycles. The zero-order chi connectivity index (χ0) is 27.2. The maximum Gasteiger partial charge on any atom is 0.338 e. The topological polar surface area (TPSA) is 77.9 Å². The predicted octanol–water partition coefficient (Wildman–Crippen LogP) is 6.07. The Labute approximate surface area is 225 Å². The first kappa shape index (κ1) is 27.7. The third-order valence-electron chi connectivity index (χ3n) is 7.06. The number of benzene rings is 3. The lowest BCUT2D eigenvalue weighted by Crippen LogP contribution is -2.39. The van der Waals surface area contributed by atoms with Crippen molar-refractivity contribution in [3.63, 3.8) is 0 Å². The van der Waals surface area contributed by atoms with Gasteiger partial charge >= 0.3 is 5.97 Å². The van der Waals surface area contributed by atoms with E-state index in [2.05, 4.69) is 12.1 Å². The van der Waals surface area contributed by atoms with Crippen LogP contribution >= 0.6 is 0 Å². The number of carbonyl (C=O) groups excluding carboxylic acids is 1. The molecule has 1 aliphatic carbocycles. The molecule has 6 nitrogen and oxygen atoms in total. The van der Waals surface area contributed by atoms with Gasteiger partial charge in [0.15, 0.2) is 0 Å². The second kappa shape index (κ2) is 12.5. The molecule has 0 radical (unpaired) electrons. The Bertz CT molecular complexity index is 1300. The predicted molar refractivity (Wildman–Crippen MR) is 147 cm³/mol. The number of hydrogen-bond acceptors (Lipinski definition) is 3. The lowest BCUT2D eigenvalue weighted by atomic mass is 9.84. The molecule has 1 saturated carbocycles. The van der Waals surface area contributed by atoms with Gasteiger partial charge in [-0.3, -0.25) is 4.79 Å². The van der Waals surface area contributed by atoms with Crippen molar-refractivity contribution in [3.05, 3.63) is 94.8 Å². The summed E-state index contributed by atoms with van der Waals surface area (Å²) >= 11 is 0. The molecule has 0 bridgehead atoms. The van der Waals surface area contributed by atoms with Crippen LogP contribution in [0.2, 0.25) is 0 Å². The molecule has 3 aromatic rings. The highest BCUT2D eigenvalue weighted by molar-refractivity contribution is 7.82. The fourth-order valence-corrected chi connectivity index (χ4v) is 5.81. The maximum absolute atomic E-state index is 14.6. The monoisotopic (exact) mass is 536 g/mol. The van der Waals surface area contributed by atoms with Gasteiger partial charge in [0.05, 0.1) is 23.5 Å². The average Bonchev–Trinajstić information content (AvgIpc) is 2.92. The molecule has 0 spiro atoms. The summed E-state index contributed by atoms with van der Waals surface area (Å²) in [5, 5.41) is 9.22. The number of likely N-dealkylation sites (N-methyl/N-ethyl adjacent to an activating group) is 1. The highest BCUT2D eigenvalue weighted by atomic mass is 32.2. The first-order valence-electron chi connectivity index (χ1n) is 12.8. The number of amides is 1. The van der Waals surface area contributed by atoms with E-state index in [0.717, 1.165) is 23.3 Å². The van der Waals surface area contributed by atoms with Gasteiger partial charge in [-0.2, -0.15) is 0 Å². The number of rotatable bonds is 9. The Morgan fingerprint density at radius 2 is 1.63 bits per heavy atom. The number of anilines is 1. The van der Waals surface area contributed by atoms with Gasteiger partial charge < -0.3 is 10.0 Å². The molecular formula is C30H33FN2O4S. The minimum atomic E-state index is -1.56. The van der Waals surface area contributed by atoms with E-state index in [4.69, 9.17) is 0 Å². The van der Waals surface area contributed by atoms with Gasteiger partial charge in [0.1, 0.15) is 16.8 Å². The summed E-state index contributed by atoms with van der Waals surface area (Å²) in [7, 11) is 0.0336. The Morgan fingerprint density at radius 3 is 2.24 bits per heavy atom. The number of carboxylic acids is 1. The molecule has 0 heterocycles. The van der Waals surface area contributed by atoms with Gasteiger partial charge in [-0.25, -0.2) is 17.7 Å². The molecule has 200 valence electrons. The summed E-state index contributed by atoms with van der Waals surface area (Å²) < 4.78 is 29.0. The van der Waals surface area contributed by atoms with E-state index in [1.807, 2.05) is 31.2 Å². The molecule has 1 aliphatic rings. The van der Waals surface area contributed by atoms with Gasteiger partial charge in [-0.05, 0) is 67.1 Å². The fourth-order valence-electron chi connectivity index (χ4n) is 4.85. The van der Waals surface area contributed by atoms with Gasteiger partial charge in [0.2, 0.25) is 5.91 Å². The van der Waals surface area contributed by atoms with E-state index >= 15 is 0 Å². The Morgan fingerprint density at radius 1 is 0.974 bits per heavy atom. The van der Waals surface area contributed by atoms with Crippen molar-refractivity contribution < 1.29 is 23.3 Å². The minimum absolute atomic E-state index is 0.167. The largest absolute Gasteiger partial charge is 0.478 e. The van der Waals surface area contributed by atoms with Crippen LogP contribution in [0.15, 0.2) is 71.6 Å². The SMILES string of the molecule is Cc1ccc(S(=O)N(C)CC(=O)N(Cc2ccc(C3CCCCC3)cc2)c2ccc(C(=O)O)c(F)c2)cc1. The lowest BCUT2D eigenvalue weighted by Gasteiger charge is -2.26. The molecule has 8 heteroatoms. The van der Waals surface area contributed by atoms with Crippen molar-refractivity contribution in [2.75, 3.05) is 18.5 Å². The van der Waals surface area contributed by atoms with Gasteiger partial charge in [0.25, 0.3) is 0 Å². The summed E-state index contributed by atoms with van der Waals surface area (Å²) in [5.74, 6) is -2.12. The number of carbonyl (C=O) groups is 2. The van der Waals surface area contributed by atoms with E-state index < -0.39 is 28.3 Å². The molecule has 0 saturated heterocycles. The van der Waals surface area contributed by atoms with Crippen molar-refractivity contribution in [1.29, 1.82) is 0 Å². The summed E-state index contributed by atoms with van der Waals surface area (Å²) in [5.41, 5.74) is 2.97. The number of nitrogens with zero attached hydrogens (tertiary/aromatic N) is 2. The van der Waals surface area contributed by atoms with Gasteiger partial charge in [-0.15, -0.1) is 0 Å². The van der Waals surface area contributed by atoms with Crippen molar-refractivity contribution in [2.45, 2.75) is 56.4 Å². The number of aryl methyl sites for hydroxylation is 1. The third kappa shape index (κ3) is 6.74. The molecular weight excluding hydrogens is 503 g/mol. The van der Waals surface area contributed by atoms with Crippen LogP contribution in [0.3, 0.4) is 0 Å². The highest BCUT2D eigenvalue weighted by Gasteiger charge is 2.23. The Kier molecular flexibility index (Phi) is 9.07. The second-order valence-electron chi connectivity index (χ2n) is 9.87. The number of halogens is 1. The molecule has 38 heavy (non-hydrogen) atoms. The number of aromatic carboxylic acids is 1. The van der Waals surface area contributed by atoms with Gasteiger partial charge in [0, 0.05) is 12.7 Å². The van der Waals surface area contributed by atoms with Crippen LogP contribution in [0.25, 0.3) is 0 Å². The molecule has 1 fully saturated rings. The maximum atomic E-state index is 14.6. The van der Waals surface area contributed by atoms with Crippen LogP contribution in [0.5, 0.6) is 0 Å². The zero-order valence-corrected chi connectivity index (χ0v) is 22.5. The normalized spacial score (nSPS) is 14.8. The van der Waals surface area contributed by atoms with Crippen LogP contribution in [-0.2, 0) is 22.3 Å². The smallest absolute Gasteiger partial charge is 0.338 e. The minimum Gasteiger partial charge on any atom is -0.478 e. The molecule has 4 rings (SSSR count). The lowest BCUT2D eigenvalue weighted by molar-refractivity contribution is -0.118. The quantitative estimate of drug-likeness (QED) is 0.360. The van der Waals surface area contributed by atoms with Crippen molar-refractivity contribution in [1.82, 2.24) is 4.31 Å². The zero-order valence-electron chi connectivity index (χ0n) is 21.7. The van der Waals surface area contributed by atoms with Crippen LogP contribution in [0.4, 0.5) is 10.1 Å². The van der Waals surface area contributed by atoms with E-state index in [-0.39, 0.29) is 24.7 Å². The van der Waals surface area contributed by atoms with E-state index in [1.54, 1.807) is 19.2 Å². The summed E-state index contributed by atoms with van der Waals surface area (Å²) in [4.78, 5) is 26.8. The molecule has 0 aromatic heterocycles. The van der Waals surface area contributed by atoms with Crippen molar-refractivity contribution in [2.24, 2.45) is 0 Å². The summed E-state index contributed by atoms with van der Waals surface area (Å²) in [6, 6.07) is 19.1. The summed E-state index contributed by atoms with van der Waals surface area (Å²) in [6.07, 6.45) is 6.13. The molecule has 1 N–H and O–H groups in total. The van der Waals surface area contributed by atoms with E-state index in [1.165, 1.54) is 52.9 Å². The standard InChI is InChI=1S/C30H33FN2O4S/c1-21-8-15-26(16-9-21)38(37)32(2)20-29(34)33(25-14-17-27(30(35)36)28(31)18-25)19-22-10-12-24(13-11-22)23-6-4-3-5-7-23/h8-18,23H,3-7,19-20H2,1-2H3,(H,35,36). The first-order valence-corrected chi connectivity index (χ1v) is 14.0. The molecule has 1 atom stereocenters. The number of carboxylic acid groups (broad SMARTS) is 1. The summed E-state index contributed by atoms with van der Waals surface area (Å²) in [6.45, 7) is 1.93. The van der Waals surface area contributed by atoms with Crippen LogP contribution in [-0.4, -0.2) is 39.1 Å². The first-order chi connectivity index (χ1) is 18.2. The Hall–Kier alpha value is -3.36. The van der Waals surface area contributed by atoms with Gasteiger partial charge in [-0.1, -0.05) is 61.2 Å². The third-order valence-corrected chi connectivity index (χ3v) is 8.43. The number of hydrogen-bond donors (Lipinski definition) is 1. The molecule has 1 unspecified atom stereocenters. The van der Waals surface area contributed by atoms with E-state index in [0.29, 0.717) is 10.8 Å². The average molecular weight is 537 g/mol. The fraction of sp³-hybridized carbons (Fsp3) is 0.333.